The second-order valence-electron chi connectivity index (χ2n) is 5.48. The van der Waals surface area contributed by atoms with Crippen LogP contribution in [0.1, 0.15) is 54.4 Å². The van der Waals surface area contributed by atoms with Crippen molar-refractivity contribution < 1.29 is 4.79 Å². The molecule has 1 aliphatic rings. The van der Waals surface area contributed by atoms with Crippen LogP contribution in [0.15, 0.2) is 24.3 Å². The van der Waals surface area contributed by atoms with E-state index in [0.717, 1.165) is 6.54 Å². The Morgan fingerprint density at radius 1 is 1.47 bits per heavy atom. The Balaban J connectivity index is 2.04. The third-order valence-corrected chi connectivity index (χ3v) is 3.98. The van der Waals surface area contributed by atoms with Gasteiger partial charge in [-0.05, 0) is 56.0 Å². The quantitative estimate of drug-likeness (QED) is 0.885. The number of primary amides is 1. The molecule has 0 spiro atoms. The maximum absolute atomic E-state index is 11.3. The van der Waals surface area contributed by atoms with Crippen LogP contribution in [0, 0.1) is 0 Å². The number of rotatable bonds is 5. The van der Waals surface area contributed by atoms with Crippen LogP contribution in [0.3, 0.4) is 0 Å². The van der Waals surface area contributed by atoms with E-state index in [1.165, 1.54) is 44.3 Å². The molecule has 0 unspecified atom stereocenters. The number of nitrogens with two attached hydrogens (primary N) is 1. The summed E-state index contributed by atoms with van der Waals surface area (Å²) in [6.07, 6.45) is 4.98. The van der Waals surface area contributed by atoms with Gasteiger partial charge in [0.15, 0.2) is 0 Å². The Bertz CT molecular complexity index is 431. The Kier molecular flexibility index (Phi) is 4.97. The molecule has 0 radical (unpaired) electrons. The second-order valence-corrected chi connectivity index (χ2v) is 5.48. The van der Waals surface area contributed by atoms with Crippen LogP contribution in [-0.2, 0) is 0 Å². The van der Waals surface area contributed by atoms with Gasteiger partial charge in [0.2, 0.25) is 5.91 Å². The van der Waals surface area contributed by atoms with Crippen molar-refractivity contribution >= 4 is 5.91 Å². The van der Waals surface area contributed by atoms with Crippen molar-refractivity contribution in [1.82, 2.24) is 4.90 Å². The van der Waals surface area contributed by atoms with Crippen LogP contribution < -0.4 is 5.73 Å². The van der Waals surface area contributed by atoms with Crippen molar-refractivity contribution in [3.05, 3.63) is 35.4 Å². The van der Waals surface area contributed by atoms with Crippen molar-refractivity contribution in [2.75, 3.05) is 19.6 Å². The molecule has 0 bridgehead atoms. The number of hydrogen-bond donors (Lipinski definition) is 1. The van der Waals surface area contributed by atoms with Crippen LogP contribution in [0.2, 0.25) is 0 Å². The Morgan fingerprint density at radius 3 is 3.05 bits per heavy atom. The molecule has 3 heteroatoms. The number of hydrogen-bond acceptors (Lipinski definition) is 2. The maximum atomic E-state index is 11.3. The number of unbranched alkanes of at least 4 members (excludes halogenated alkanes) is 1. The summed E-state index contributed by atoms with van der Waals surface area (Å²) in [4.78, 5) is 13.8. The molecule has 1 saturated heterocycles. The van der Waals surface area contributed by atoms with Gasteiger partial charge in [-0.25, -0.2) is 0 Å². The zero-order valence-corrected chi connectivity index (χ0v) is 11.8. The highest BCUT2D eigenvalue weighted by Gasteiger charge is 2.21. The molecule has 3 nitrogen and oxygen atoms in total. The molecule has 0 aromatic heterocycles. The number of likely N-dealkylation sites (tertiary alicyclic amines) is 1. The van der Waals surface area contributed by atoms with E-state index in [2.05, 4.69) is 17.9 Å². The molecule has 1 aromatic rings. The van der Waals surface area contributed by atoms with E-state index >= 15 is 0 Å². The predicted octanol–water partition coefficient (Wildman–Crippen LogP) is 2.77. The van der Waals surface area contributed by atoms with Gasteiger partial charge >= 0.3 is 0 Å². The largest absolute Gasteiger partial charge is 0.366 e. The fraction of sp³-hybridized carbons (Fsp3) is 0.562. The highest BCUT2D eigenvalue weighted by molar-refractivity contribution is 5.92. The lowest BCUT2D eigenvalue weighted by Gasteiger charge is -2.33. The fourth-order valence-electron chi connectivity index (χ4n) is 2.86. The number of carbonyl (C=O) groups is 1. The minimum atomic E-state index is -0.333. The second kappa shape index (κ2) is 6.71. The maximum Gasteiger partial charge on any atom is 0.248 e. The number of piperidine rings is 1. The molecule has 1 aliphatic heterocycles. The van der Waals surface area contributed by atoms with Gasteiger partial charge in [-0.15, -0.1) is 0 Å². The summed E-state index contributed by atoms with van der Waals surface area (Å²) in [6.45, 7) is 5.76. The molecule has 104 valence electrons. The molecule has 2 N–H and O–H groups in total. The molecule has 1 aromatic carbocycles. The minimum Gasteiger partial charge on any atom is -0.366 e. The summed E-state index contributed by atoms with van der Waals surface area (Å²) in [5, 5.41) is 0. The first kappa shape index (κ1) is 14.1. The average molecular weight is 260 g/mol. The zero-order valence-electron chi connectivity index (χ0n) is 11.8. The lowest BCUT2D eigenvalue weighted by Crippen LogP contribution is -2.35. The number of carbonyl (C=O) groups excluding carboxylic acids is 1. The molecular weight excluding hydrogens is 236 g/mol. The van der Waals surface area contributed by atoms with Gasteiger partial charge in [-0.1, -0.05) is 25.5 Å². The molecule has 2 rings (SSSR count). The first-order chi connectivity index (χ1) is 9.20. The van der Waals surface area contributed by atoms with Crippen LogP contribution in [0.4, 0.5) is 0 Å². The molecule has 19 heavy (non-hydrogen) atoms. The smallest absolute Gasteiger partial charge is 0.248 e. The van der Waals surface area contributed by atoms with E-state index in [9.17, 15) is 4.79 Å². The Hall–Kier alpha value is -1.35. The molecular formula is C16H24N2O. The van der Waals surface area contributed by atoms with Crippen LogP contribution >= 0.6 is 0 Å². The minimum absolute atomic E-state index is 0.333. The van der Waals surface area contributed by atoms with E-state index in [-0.39, 0.29) is 5.91 Å². The van der Waals surface area contributed by atoms with Gasteiger partial charge in [-0.3, -0.25) is 4.79 Å². The average Bonchev–Trinajstić information content (AvgIpc) is 2.45. The molecule has 0 saturated carbocycles. The summed E-state index contributed by atoms with van der Waals surface area (Å²) in [5.74, 6) is 0.213. The van der Waals surface area contributed by atoms with Crippen molar-refractivity contribution in [1.29, 1.82) is 0 Å². The van der Waals surface area contributed by atoms with Gasteiger partial charge in [0, 0.05) is 12.1 Å². The third-order valence-electron chi connectivity index (χ3n) is 3.98. The first-order valence-electron chi connectivity index (χ1n) is 7.33. The fourth-order valence-corrected chi connectivity index (χ4v) is 2.86. The van der Waals surface area contributed by atoms with Gasteiger partial charge < -0.3 is 10.6 Å². The van der Waals surface area contributed by atoms with E-state index in [0.29, 0.717) is 11.5 Å². The zero-order chi connectivity index (χ0) is 13.7. The lowest BCUT2D eigenvalue weighted by atomic mass is 9.89. The van der Waals surface area contributed by atoms with E-state index < -0.39 is 0 Å². The summed E-state index contributed by atoms with van der Waals surface area (Å²) < 4.78 is 0. The topological polar surface area (TPSA) is 46.3 Å². The van der Waals surface area contributed by atoms with Crippen molar-refractivity contribution in [3.8, 4) is 0 Å². The van der Waals surface area contributed by atoms with Crippen molar-refractivity contribution in [2.45, 2.75) is 38.5 Å². The standard InChI is InChI=1S/C16H24N2O/c1-2-3-9-18-10-5-8-15(12-18)13-6-4-7-14(11-13)16(17)19/h4,6-7,11,15H,2-3,5,8-10,12H2,1H3,(H2,17,19)/t15-/m1/s1. The van der Waals surface area contributed by atoms with E-state index in [4.69, 9.17) is 5.73 Å². The molecule has 1 fully saturated rings. The molecule has 1 heterocycles. The normalized spacial score (nSPS) is 20.4. The van der Waals surface area contributed by atoms with E-state index in [1.807, 2.05) is 12.1 Å². The third kappa shape index (κ3) is 3.80. The summed E-state index contributed by atoms with van der Waals surface area (Å²) in [5.41, 5.74) is 7.25. The number of amides is 1. The van der Waals surface area contributed by atoms with Gasteiger partial charge in [-0.2, -0.15) is 0 Å². The number of benzene rings is 1. The Labute approximate surface area is 115 Å². The Morgan fingerprint density at radius 2 is 2.32 bits per heavy atom. The SMILES string of the molecule is CCCCN1CCC[C@@H](c2cccc(C(N)=O)c2)C1. The summed E-state index contributed by atoms with van der Waals surface area (Å²) in [6, 6.07) is 7.83. The number of nitrogens with zero attached hydrogens (tertiary/aromatic N) is 1. The van der Waals surface area contributed by atoms with Gasteiger partial charge in [0.05, 0.1) is 0 Å². The lowest BCUT2D eigenvalue weighted by molar-refractivity contribution is 0.1000. The van der Waals surface area contributed by atoms with Crippen LogP contribution in [-0.4, -0.2) is 30.4 Å². The monoisotopic (exact) mass is 260 g/mol. The van der Waals surface area contributed by atoms with Crippen LogP contribution in [0.5, 0.6) is 0 Å². The highest BCUT2D eigenvalue weighted by atomic mass is 16.1. The molecule has 0 aliphatic carbocycles. The predicted molar refractivity (Wildman–Crippen MR) is 78.3 cm³/mol. The van der Waals surface area contributed by atoms with Crippen molar-refractivity contribution in [3.63, 3.8) is 0 Å². The van der Waals surface area contributed by atoms with Crippen molar-refractivity contribution in [2.24, 2.45) is 5.73 Å². The summed E-state index contributed by atoms with van der Waals surface area (Å²) >= 11 is 0. The molecule has 1 amide bonds. The van der Waals surface area contributed by atoms with E-state index in [1.54, 1.807) is 6.07 Å². The van der Waals surface area contributed by atoms with Gasteiger partial charge in [0.1, 0.15) is 0 Å². The van der Waals surface area contributed by atoms with Gasteiger partial charge in [0.25, 0.3) is 0 Å². The first-order valence-corrected chi connectivity index (χ1v) is 7.33. The highest BCUT2D eigenvalue weighted by Crippen LogP contribution is 2.27. The summed E-state index contributed by atoms with van der Waals surface area (Å²) in [7, 11) is 0. The van der Waals surface area contributed by atoms with Crippen LogP contribution in [0.25, 0.3) is 0 Å². The molecule has 1 atom stereocenters.